The van der Waals surface area contributed by atoms with Crippen LogP contribution in [-0.2, 0) is 6.54 Å². The Balaban J connectivity index is 2.53. The van der Waals surface area contributed by atoms with E-state index in [-0.39, 0.29) is 0 Å². The van der Waals surface area contributed by atoms with Gasteiger partial charge in [0.2, 0.25) is 0 Å². The highest BCUT2D eigenvalue weighted by Crippen LogP contribution is 2.05. The Hall–Kier alpha value is -1.09. The van der Waals surface area contributed by atoms with Crippen LogP contribution >= 0.6 is 0 Å². The van der Waals surface area contributed by atoms with Gasteiger partial charge in [0.1, 0.15) is 5.82 Å². The predicted octanol–water partition coefficient (Wildman–Crippen LogP) is 1.51. The average molecular weight is 179 g/mol. The summed E-state index contributed by atoms with van der Waals surface area (Å²) in [6, 6.07) is 3.93. The number of nitrogens with two attached hydrogens (primary N) is 1. The van der Waals surface area contributed by atoms with E-state index >= 15 is 0 Å². The zero-order chi connectivity index (χ0) is 9.68. The molecule has 0 fully saturated rings. The summed E-state index contributed by atoms with van der Waals surface area (Å²) in [6.45, 7) is 4.24. The highest BCUT2D eigenvalue weighted by Gasteiger charge is 1.98. The summed E-state index contributed by atoms with van der Waals surface area (Å²) in [5.74, 6) is 0.599. The zero-order valence-electron chi connectivity index (χ0n) is 8.33. The maximum atomic E-state index is 5.58. The van der Waals surface area contributed by atoms with Gasteiger partial charge >= 0.3 is 0 Å². The molecule has 1 aromatic heterocycles. The van der Waals surface area contributed by atoms with E-state index in [0.29, 0.717) is 5.82 Å². The van der Waals surface area contributed by atoms with Crippen LogP contribution in [0.15, 0.2) is 18.3 Å². The van der Waals surface area contributed by atoms with E-state index in [1.165, 1.54) is 12.0 Å². The minimum absolute atomic E-state index is 0.599. The van der Waals surface area contributed by atoms with Crippen LogP contribution in [0, 0.1) is 0 Å². The van der Waals surface area contributed by atoms with E-state index in [4.69, 9.17) is 5.73 Å². The number of nitrogen functional groups attached to an aromatic ring is 1. The molecule has 1 aromatic rings. The molecule has 0 spiro atoms. The minimum atomic E-state index is 0.599. The number of pyridine rings is 1. The first-order valence-corrected chi connectivity index (χ1v) is 4.61. The number of rotatable bonds is 4. The van der Waals surface area contributed by atoms with Crippen molar-refractivity contribution in [1.29, 1.82) is 0 Å². The van der Waals surface area contributed by atoms with E-state index in [1.54, 1.807) is 6.20 Å². The van der Waals surface area contributed by atoms with Crippen molar-refractivity contribution in [1.82, 2.24) is 9.88 Å². The first-order valence-electron chi connectivity index (χ1n) is 4.61. The van der Waals surface area contributed by atoms with Crippen LogP contribution in [0.5, 0.6) is 0 Å². The summed E-state index contributed by atoms with van der Waals surface area (Å²) in [5, 5.41) is 0. The second-order valence-electron chi connectivity index (χ2n) is 3.33. The van der Waals surface area contributed by atoms with Gasteiger partial charge in [-0.15, -0.1) is 0 Å². The SMILES string of the molecule is CCCN(C)Cc1ccnc(N)c1. The van der Waals surface area contributed by atoms with Gasteiger partial charge in [0.25, 0.3) is 0 Å². The monoisotopic (exact) mass is 179 g/mol. The van der Waals surface area contributed by atoms with Crippen LogP contribution in [0.4, 0.5) is 5.82 Å². The largest absolute Gasteiger partial charge is 0.384 e. The Morgan fingerprint density at radius 2 is 2.31 bits per heavy atom. The third-order valence-electron chi connectivity index (χ3n) is 1.90. The summed E-state index contributed by atoms with van der Waals surface area (Å²) < 4.78 is 0. The maximum Gasteiger partial charge on any atom is 0.123 e. The van der Waals surface area contributed by atoms with Crippen LogP contribution < -0.4 is 5.73 Å². The molecular formula is C10H17N3. The van der Waals surface area contributed by atoms with E-state index in [9.17, 15) is 0 Å². The van der Waals surface area contributed by atoms with Crippen molar-refractivity contribution in [2.24, 2.45) is 0 Å². The summed E-state index contributed by atoms with van der Waals surface area (Å²) >= 11 is 0. The van der Waals surface area contributed by atoms with Gasteiger partial charge in [-0.1, -0.05) is 6.92 Å². The third-order valence-corrected chi connectivity index (χ3v) is 1.90. The fraction of sp³-hybridized carbons (Fsp3) is 0.500. The summed E-state index contributed by atoms with van der Waals surface area (Å²) in [4.78, 5) is 6.22. The smallest absolute Gasteiger partial charge is 0.123 e. The summed E-state index contributed by atoms with van der Waals surface area (Å²) in [5.41, 5.74) is 6.80. The maximum absolute atomic E-state index is 5.58. The molecule has 1 rings (SSSR count). The van der Waals surface area contributed by atoms with Crippen molar-refractivity contribution < 1.29 is 0 Å². The first-order chi connectivity index (χ1) is 6.22. The quantitative estimate of drug-likeness (QED) is 0.761. The second kappa shape index (κ2) is 4.82. The molecule has 0 aliphatic rings. The predicted molar refractivity (Wildman–Crippen MR) is 55.3 cm³/mol. The van der Waals surface area contributed by atoms with Crippen LogP contribution in [0.2, 0.25) is 0 Å². The zero-order valence-corrected chi connectivity index (χ0v) is 8.33. The summed E-state index contributed by atoms with van der Waals surface area (Å²) in [6.07, 6.45) is 2.93. The van der Waals surface area contributed by atoms with Crippen molar-refractivity contribution in [3.63, 3.8) is 0 Å². The molecule has 72 valence electrons. The molecule has 0 radical (unpaired) electrons. The van der Waals surface area contributed by atoms with Gasteiger partial charge in [-0.2, -0.15) is 0 Å². The molecule has 0 unspecified atom stereocenters. The molecule has 0 saturated carbocycles. The Labute approximate surface area is 79.6 Å². The average Bonchev–Trinajstić information content (AvgIpc) is 2.04. The molecule has 2 N–H and O–H groups in total. The van der Waals surface area contributed by atoms with Gasteiger partial charge in [-0.25, -0.2) is 4.98 Å². The standard InChI is InChI=1S/C10H17N3/c1-3-6-13(2)8-9-4-5-12-10(11)7-9/h4-5,7H,3,6,8H2,1-2H3,(H2,11,12). The van der Waals surface area contributed by atoms with Gasteiger partial charge in [-0.3, -0.25) is 0 Å². The molecule has 13 heavy (non-hydrogen) atoms. The highest BCUT2D eigenvalue weighted by atomic mass is 15.1. The molecule has 0 aliphatic carbocycles. The highest BCUT2D eigenvalue weighted by molar-refractivity contribution is 5.31. The number of hydrogen-bond donors (Lipinski definition) is 1. The molecule has 3 nitrogen and oxygen atoms in total. The fourth-order valence-corrected chi connectivity index (χ4v) is 1.37. The van der Waals surface area contributed by atoms with Crippen molar-refractivity contribution in [2.45, 2.75) is 19.9 Å². The first kappa shape index (κ1) is 9.99. The molecule has 0 aromatic carbocycles. The summed E-state index contributed by atoms with van der Waals surface area (Å²) in [7, 11) is 2.11. The van der Waals surface area contributed by atoms with Gasteiger partial charge in [0.15, 0.2) is 0 Å². The Bertz CT molecular complexity index is 260. The van der Waals surface area contributed by atoms with Gasteiger partial charge in [0, 0.05) is 12.7 Å². The van der Waals surface area contributed by atoms with Crippen molar-refractivity contribution in [3.8, 4) is 0 Å². The van der Waals surface area contributed by atoms with E-state index in [2.05, 4.69) is 23.9 Å². The molecule has 0 saturated heterocycles. The molecule has 0 bridgehead atoms. The number of nitrogens with zero attached hydrogens (tertiary/aromatic N) is 2. The van der Waals surface area contributed by atoms with Crippen LogP contribution in [0.3, 0.4) is 0 Å². The van der Waals surface area contributed by atoms with Gasteiger partial charge in [-0.05, 0) is 37.7 Å². The Morgan fingerprint density at radius 3 is 2.92 bits per heavy atom. The lowest BCUT2D eigenvalue weighted by Crippen LogP contribution is -2.18. The number of hydrogen-bond acceptors (Lipinski definition) is 3. The van der Waals surface area contributed by atoms with Crippen LogP contribution in [0.1, 0.15) is 18.9 Å². The van der Waals surface area contributed by atoms with Crippen molar-refractivity contribution in [2.75, 3.05) is 19.3 Å². The van der Waals surface area contributed by atoms with Crippen LogP contribution in [0.25, 0.3) is 0 Å². The molecule has 3 heteroatoms. The lowest BCUT2D eigenvalue weighted by molar-refractivity contribution is 0.327. The molecule has 1 heterocycles. The van der Waals surface area contributed by atoms with E-state index < -0.39 is 0 Å². The van der Waals surface area contributed by atoms with Crippen LogP contribution in [-0.4, -0.2) is 23.5 Å². The molecule has 0 atom stereocenters. The minimum Gasteiger partial charge on any atom is -0.384 e. The number of aromatic nitrogens is 1. The van der Waals surface area contributed by atoms with E-state index in [0.717, 1.165) is 13.1 Å². The Morgan fingerprint density at radius 1 is 1.54 bits per heavy atom. The Kier molecular flexibility index (Phi) is 3.71. The van der Waals surface area contributed by atoms with Crippen molar-refractivity contribution in [3.05, 3.63) is 23.9 Å². The third kappa shape index (κ3) is 3.42. The normalized spacial score (nSPS) is 10.7. The van der Waals surface area contributed by atoms with E-state index in [1.807, 2.05) is 12.1 Å². The molecule has 0 aliphatic heterocycles. The number of anilines is 1. The lowest BCUT2D eigenvalue weighted by atomic mass is 10.2. The lowest BCUT2D eigenvalue weighted by Gasteiger charge is -2.15. The topological polar surface area (TPSA) is 42.2 Å². The fourth-order valence-electron chi connectivity index (χ4n) is 1.37. The van der Waals surface area contributed by atoms with Gasteiger partial charge in [0.05, 0.1) is 0 Å². The second-order valence-corrected chi connectivity index (χ2v) is 3.33. The molecular weight excluding hydrogens is 162 g/mol. The van der Waals surface area contributed by atoms with Crippen molar-refractivity contribution >= 4 is 5.82 Å². The molecule has 0 amide bonds. The van der Waals surface area contributed by atoms with Gasteiger partial charge < -0.3 is 10.6 Å².